The molecule has 1 aliphatic rings. The molecule has 0 aromatic carbocycles. The SMILES string of the molecule is CCOC(=O)N1CCC(C(=O)O)(C(=O)OCC)CC1. The van der Waals surface area contributed by atoms with E-state index in [1.54, 1.807) is 13.8 Å². The molecule has 1 saturated heterocycles. The number of nitrogens with zero attached hydrogens (tertiary/aromatic N) is 1. The van der Waals surface area contributed by atoms with Gasteiger partial charge in [0.1, 0.15) is 0 Å². The number of amides is 1. The summed E-state index contributed by atoms with van der Waals surface area (Å²) >= 11 is 0. The van der Waals surface area contributed by atoms with Crippen LogP contribution in [0.5, 0.6) is 0 Å². The summed E-state index contributed by atoms with van der Waals surface area (Å²) in [5.41, 5.74) is -1.54. The lowest BCUT2D eigenvalue weighted by molar-refractivity contribution is -0.172. The third-order valence-corrected chi connectivity index (χ3v) is 3.22. The van der Waals surface area contributed by atoms with Crippen molar-refractivity contribution in [3.05, 3.63) is 0 Å². The second-order valence-electron chi connectivity index (χ2n) is 4.29. The second-order valence-corrected chi connectivity index (χ2v) is 4.29. The smallest absolute Gasteiger partial charge is 0.409 e. The Morgan fingerprint density at radius 3 is 2.05 bits per heavy atom. The summed E-state index contributed by atoms with van der Waals surface area (Å²) in [6, 6.07) is 0. The van der Waals surface area contributed by atoms with Crippen molar-refractivity contribution in [1.29, 1.82) is 0 Å². The van der Waals surface area contributed by atoms with Gasteiger partial charge in [-0.25, -0.2) is 4.79 Å². The average Bonchev–Trinajstić information content (AvgIpc) is 2.39. The molecule has 0 unspecified atom stereocenters. The maximum Gasteiger partial charge on any atom is 0.409 e. The fourth-order valence-corrected chi connectivity index (χ4v) is 2.06. The van der Waals surface area contributed by atoms with Crippen LogP contribution in [0.25, 0.3) is 0 Å². The van der Waals surface area contributed by atoms with E-state index in [0.29, 0.717) is 0 Å². The van der Waals surface area contributed by atoms with Crippen molar-refractivity contribution in [3.63, 3.8) is 0 Å². The van der Waals surface area contributed by atoms with Crippen molar-refractivity contribution >= 4 is 18.0 Å². The first-order valence-corrected chi connectivity index (χ1v) is 6.30. The lowest BCUT2D eigenvalue weighted by Crippen LogP contribution is -2.51. The monoisotopic (exact) mass is 273 g/mol. The molecule has 1 aliphatic heterocycles. The van der Waals surface area contributed by atoms with E-state index in [2.05, 4.69) is 0 Å². The van der Waals surface area contributed by atoms with Gasteiger partial charge in [-0.3, -0.25) is 9.59 Å². The molecule has 0 aromatic heterocycles. The first-order valence-electron chi connectivity index (χ1n) is 6.30. The Kier molecular flexibility index (Phi) is 5.14. The molecule has 7 heteroatoms. The van der Waals surface area contributed by atoms with Gasteiger partial charge in [0.25, 0.3) is 0 Å². The third-order valence-electron chi connectivity index (χ3n) is 3.22. The highest BCUT2D eigenvalue weighted by atomic mass is 16.6. The molecule has 0 aliphatic carbocycles. The molecule has 0 spiro atoms. The fourth-order valence-electron chi connectivity index (χ4n) is 2.06. The Hall–Kier alpha value is -1.79. The molecular weight excluding hydrogens is 254 g/mol. The first kappa shape index (κ1) is 15.3. The van der Waals surface area contributed by atoms with Crippen LogP contribution in [-0.2, 0) is 19.1 Å². The standard InChI is InChI=1S/C12H19NO6/c1-3-18-10(16)12(9(14)15)5-7-13(8-6-12)11(17)19-4-2/h3-8H2,1-2H3,(H,14,15). The number of rotatable bonds is 4. The zero-order chi connectivity index (χ0) is 14.5. The van der Waals surface area contributed by atoms with Crippen LogP contribution < -0.4 is 0 Å². The van der Waals surface area contributed by atoms with Crippen LogP contribution in [0, 0.1) is 5.41 Å². The number of ether oxygens (including phenoxy) is 2. The maximum absolute atomic E-state index is 11.8. The Morgan fingerprint density at radius 1 is 1.11 bits per heavy atom. The van der Waals surface area contributed by atoms with Gasteiger partial charge in [0.05, 0.1) is 13.2 Å². The number of carbonyl (C=O) groups excluding carboxylic acids is 2. The summed E-state index contributed by atoms with van der Waals surface area (Å²) in [6.07, 6.45) is -0.398. The molecule has 1 fully saturated rings. The van der Waals surface area contributed by atoms with Crippen LogP contribution in [-0.4, -0.2) is 54.3 Å². The van der Waals surface area contributed by atoms with E-state index in [1.165, 1.54) is 4.90 Å². The predicted molar refractivity (Wildman–Crippen MR) is 64.5 cm³/mol. The largest absolute Gasteiger partial charge is 0.480 e. The van der Waals surface area contributed by atoms with Crippen LogP contribution in [0.4, 0.5) is 4.79 Å². The van der Waals surface area contributed by atoms with E-state index in [4.69, 9.17) is 9.47 Å². The van der Waals surface area contributed by atoms with Crippen molar-refractivity contribution in [1.82, 2.24) is 4.90 Å². The molecule has 108 valence electrons. The highest BCUT2D eigenvalue weighted by Crippen LogP contribution is 2.33. The molecular formula is C12H19NO6. The Labute approximate surface area is 111 Å². The highest BCUT2D eigenvalue weighted by Gasteiger charge is 2.50. The van der Waals surface area contributed by atoms with Gasteiger partial charge in [-0.05, 0) is 26.7 Å². The van der Waals surface area contributed by atoms with Crippen LogP contribution in [0.1, 0.15) is 26.7 Å². The summed E-state index contributed by atoms with van der Waals surface area (Å²) in [5.74, 6) is -1.93. The maximum atomic E-state index is 11.8. The molecule has 19 heavy (non-hydrogen) atoms. The summed E-state index contributed by atoms with van der Waals surface area (Å²) in [4.78, 5) is 36.1. The van der Waals surface area contributed by atoms with E-state index >= 15 is 0 Å². The van der Waals surface area contributed by atoms with Gasteiger partial charge in [0.2, 0.25) is 0 Å². The van der Waals surface area contributed by atoms with Gasteiger partial charge >= 0.3 is 18.0 Å². The summed E-state index contributed by atoms with van der Waals surface area (Å²) in [5, 5.41) is 9.28. The fraction of sp³-hybridized carbons (Fsp3) is 0.750. The normalized spacial score (nSPS) is 17.7. The quantitative estimate of drug-likeness (QED) is 0.603. The van der Waals surface area contributed by atoms with Crippen LogP contribution in [0.3, 0.4) is 0 Å². The number of hydrogen-bond donors (Lipinski definition) is 1. The number of carboxylic acids is 1. The van der Waals surface area contributed by atoms with Crippen LogP contribution in [0.15, 0.2) is 0 Å². The minimum Gasteiger partial charge on any atom is -0.480 e. The van der Waals surface area contributed by atoms with Crippen molar-refractivity contribution in [2.45, 2.75) is 26.7 Å². The zero-order valence-corrected chi connectivity index (χ0v) is 11.2. The summed E-state index contributed by atoms with van der Waals surface area (Å²) in [7, 11) is 0. The highest BCUT2D eigenvalue weighted by molar-refractivity contribution is 5.99. The number of aliphatic carboxylic acids is 1. The van der Waals surface area contributed by atoms with Crippen molar-refractivity contribution in [2.75, 3.05) is 26.3 Å². The van der Waals surface area contributed by atoms with E-state index in [1.807, 2.05) is 0 Å². The summed E-state index contributed by atoms with van der Waals surface area (Å²) in [6.45, 7) is 4.06. The average molecular weight is 273 g/mol. The molecule has 1 heterocycles. The molecule has 0 bridgehead atoms. The van der Waals surface area contributed by atoms with Crippen LogP contribution >= 0.6 is 0 Å². The Balaban J connectivity index is 2.73. The summed E-state index contributed by atoms with van der Waals surface area (Å²) < 4.78 is 9.68. The first-order chi connectivity index (χ1) is 8.97. The lowest BCUT2D eigenvalue weighted by atomic mass is 9.78. The van der Waals surface area contributed by atoms with Crippen molar-refractivity contribution in [2.24, 2.45) is 5.41 Å². The Morgan fingerprint density at radius 2 is 1.63 bits per heavy atom. The van der Waals surface area contributed by atoms with Gasteiger partial charge < -0.3 is 19.5 Å². The number of hydrogen-bond acceptors (Lipinski definition) is 5. The second kappa shape index (κ2) is 6.40. The molecule has 1 amide bonds. The number of carbonyl (C=O) groups is 3. The third kappa shape index (κ3) is 3.15. The van der Waals surface area contributed by atoms with Crippen molar-refractivity contribution in [3.8, 4) is 0 Å². The molecule has 1 rings (SSSR count). The molecule has 0 radical (unpaired) electrons. The predicted octanol–water partition coefficient (Wildman–Crippen LogP) is 0.873. The molecule has 0 atom stereocenters. The van der Waals surface area contributed by atoms with Crippen LogP contribution in [0.2, 0.25) is 0 Å². The molecule has 7 nitrogen and oxygen atoms in total. The van der Waals surface area contributed by atoms with Gasteiger partial charge in [0.15, 0.2) is 5.41 Å². The number of piperidine rings is 1. The van der Waals surface area contributed by atoms with E-state index < -0.39 is 23.4 Å². The lowest BCUT2D eigenvalue weighted by Gasteiger charge is -2.36. The minimum absolute atomic E-state index is 0.0416. The Bertz CT molecular complexity index is 359. The minimum atomic E-state index is -1.54. The topological polar surface area (TPSA) is 93.1 Å². The number of carboxylic acid groups (broad SMARTS) is 1. The van der Waals surface area contributed by atoms with Gasteiger partial charge in [-0.1, -0.05) is 0 Å². The van der Waals surface area contributed by atoms with Crippen molar-refractivity contribution < 1.29 is 29.0 Å². The van der Waals surface area contributed by atoms with E-state index in [-0.39, 0.29) is 39.1 Å². The van der Waals surface area contributed by atoms with E-state index in [9.17, 15) is 19.5 Å². The van der Waals surface area contributed by atoms with Gasteiger partial charge in [-0.15, -0.1) is 0 Å². The molecule has 1 N–H and O–H groups in total. The van der Waals surface area contributed by atoms with Gasteiger partial charge in [-0.2, -0.15) is 0 Å². The molecule has 0 saturated carbocycles. The number of likely N-dealkylation sites (tertiary alicyclic amines) is 1. The zero-order valence-electron chi connectivity index (χ0n) is 11.2. The molecule has 0 aromatic rings. The van der Waals surface area contributed by atoms with E-state index in [0.717, 1.165) is 0 Å². The number of esters is 1. The van der Waals surface area contributed by atoms with Gasteiger partial charge in [0, 0.05) is 13.1 Å².